The van der Waals surface area contributed by atoms with E-state index in [1.807, 2.05) is 103 Å². The molecule has 11 rings (SSSR count). The Morgan fingerprint density at radius 3 is 1.71 bits per heavy atom. The van der Waals surface area contributed by atoms with Crippen LogP contribution in [0.3, 0.4) is 0 Å². The van der Waals surface area contributed by atoms with Gasteiger partial charge in [0.25, 0.3) is 0 Å². The van der Waals surface area contributed by atoms with Gasteiger partial charge >= 0.3 is 0 Å². The highest BCUT2D eigenvalue weighted by molar-refractivity contribution is 6.18. The summed E-state index contributed by atoms with van der Waals surface area (Å²) in [5.41, 5.74) is 9.58. The molecule has 0 fully saturated rings. The first-order chi connectivity index (χ1) is 25.2. The highest BCUT2D eigenvalue weighted by Gasteiger charge is 2.20. The molecule has 0 aliphatic rings. The Kier molecular flexibility index (Phi) is 5.86. The summed E-state index contributed by atoms with van der Waals surface area (Å²) in [6.07, 6.45) is 0. The van der Waals surface area contributed by atoms with E-state index in [-0.39, 0.29) is 0 Å². The van der Waals surface area contributed by atoms with E-state index < -0.39 is 0 Å². The molecular formula is C45H25N3O3. The van der Waals surface area contributed by atoms with Gasteiger partial charge in [0.1, 0.15) is 33.5 Å². The first kappa shape index (κ1) is 27.9. The van der Waals surface area contributed by atoms with Gasteiger partial charge in [-0.15, -0.1) is 0 Å². The molecule has 0 unspecified atom stereocenters. The second-order valence-corrected chi connectivity index (χ2v) is 12.8. The largest absolute Gasteiger partial charge is 0.456 e. The van der Waals surface area contributed by atoms with Crippen LogP contribution in [0.4, 0.5) is 0 Å². The zero-order valence-corrected chi connectivity index (χ0v) is 27.0. The highest BCUT2D eigenvalue weighted by atomic mass is 16.3. The lowest BCUT2D eigenvalue weighted by atomic mass is 9.98. The van der Waals surface area contributed by atoms with E-state index in [1.165, 1.54) is 0 Å². The number of rotatable bonds is 4. The SMILES string of the molecule is c1ccc(-c2nc(-c3ccccc3)nc(-c3cccc4oc5ccc(-c6cccc7c6oc6cc8oc9ccccc9c8cc67)cc5c34)n2)cc1. The zero-order valence-electron chi connectivity index (χ0n) is 27.0. The van der Waals surface area contributed by atoms with Crippen molar-refractivity contribution in [1.29, 1.82) is 0 Å². The fourth-order valence-corrected chi connectivity index (χ4v) is 7.35. The molecule has 4 heterocycles. The molecule has 0 aliphatic carbocycles. The maximum absolute atomic E-state index is 6.62. The van der Waals surface area contributed by atoms with Crippen LogP contribution in [0.25, 0.3) is 111 Å². The lowest BCUT2D eigenvalue weighted by molar-refractivity contribution is 0.656. The standard InChI is InChI=1S/C45H25N3O3/c1-3-11-26(12-4-1)43-46-44(27-13-5-2-6-14-27)48-45(47-43)32-18-10-20-38-41(32)35-23-28(21-22-37(35)49-38)29-16-9-17-31-34-24-33-30-15-7-8-19-36(30)50-39(33)25-40(34)51-42(29)31/h1-25H. The fraction of sp³-hybridized carbons (Fsp3) is 0. The summed E-state index contributed by atoms with van der Waals surface area (Å²) in [7, 11) is 0. The van der Waals surface area contributed by atoms with Gasteiger partial charge in [-0.3, -0.25) is 0 Å². The molecule has 11 aromatic rings. The van der Waals surface area contributed by atoms with Crippen LogP contribution in [0.1, 0.15) is 0 Å². The van der Waals surface area contributed by atoms with Crippen molar-refractivity contribution in [3.05, 3.63) is 152 Å². The molecular weight excluding hydrogens is 631 g/mol. The minimum atomic E-state index is 0.581. The smallest absolute Gasteiger partial charge is 0.164 e. The van der Waals surface area contributed by atoms with Crippen LogP contribution in [-0.2, 0) is 0 Å². The lowest BCUT2D eigenvalue weighted by Gasteiger charge is -2.09. The number of hydrogen-bond acceptors (Lipinski definition) is 6. The summed E-state index contributed by atoms with van der Waals surface area (Å²) < 4.78 is 19.2. The van der Waals surface area contributed by atoms with Crippen molar-refractivity contribution < 1.29 is 13.3 Å². The summed E-state index contributed by atoms with van der Waals surface area (Å²) in [6.45, 7) is 0. The Morgan fingerprint density at radius 1 is 0.314 bits per heavy atom. The molecule has 0 amide bonds. The predicted molar refractivity (Wildman–Crippen MR) is 203 cm³/mol. The summed E-state index contributed by atoms with van der Waals surface area (Å²) in [5, 5.41) is 6.20. The Morgan fingerprint density at radius 2 is 0.902 bits per heavy atom. The average Bonchev–Trinajstić information content (AvgIpc) is 3.88. The molecule has 0 spiro atoms. The molecule has 51 heavy (non-hydrogen) atoms. The Balaban J connectivity index is 1.11. The van der Waals surface area contributed by atoms with Crippen LogP contribution in [0.5, 0.6) is 0 Å². The quantitative estimate of drug-likeness (QED) is 0.188. The van der Waals surface area contributed by atoms with Crippen molar-refractivity contribution in [2.24, 2.45) is 0 Å². The van der Waals surface area contributed by atoms with Gasteiger partial charge in [-0.2, -0.15) is 0 Å². The van der Waals surface area contributed by atoms with Gasteiger partial charge in [-0.1, -0.05) is 115 Å². The molecule has 6 nitrogen and oxygen atoms in total. The monoisotopic (exact) mass is 655 g/mol. The van der Waals surface area contributed by atoms with Gasteiger partial charge in [0.15, 0.2) is 17.5 Å². The number of benzene rings is 7. The van der Waals surface area contributed by atoms with Crippen LogP contribution in [0.2, 0.25) is 0 Å². The topological polar surface area (TPSA) is 78.1 Å². The van der Waals surface area contributed by atoms with Crippen molar-refractivity contribution >= 4 is 65.8 Å². The molecule has 0 bridgehead atoms. The van der Waals surface area contributed by atoms with E-state index >= 15 is 0 Å². The normalized spacial score (nSPS) is 11.9. The minimum absolute atomic E-state index is 0.581. The number of hydrogen-bond donors (Lipinski definition) is 0. The highest BCUT2D eigenvalue weighted by Crippen LogP contribution is 2.42. The summed E-state index contributed by atoms with van der Waals surface area (Å²) in [5.74, 6) is 1.81. The van der Waals surface area contributed by atoms with E-state index in [2.05, 4.69) is 48.5 Å². The van der Waals surface area contributed by atoms with Gasteiger partial charge < -0.3 is 13.3 Å². The van der Waals surface area contributed by atoms with E-state index in [1.54, 1.807) is 0 Å². The summed E-state index contributed by atoms with van der Waals surface area (Å²) >= 11 is 0. The third-order valence-corrected chi connectivity index (χ3v) is 9.74. The predicted octanol–water partition coefficient (Wildman–Crippen LogP) is 12.2. The van der Waals surface area contributed by atoms with Crippen LogP contribution in [0, 0.1) is 0 Å². The van der Waals surface area contributed by atoms with Crippen LogP contribution >= 0.6 is 0 Å². The van der Waals surface area contributed by atoms with E-state index in [4.69, 9.17) is 28.2 Å². The van der Waals surface area contributed by atoms with E-state index in [9.17, 15) is 0 Å². The van der Waals surface area contributed by atoms with Crippen molar-refractivity contribution in [3.8, 4) is 45.3 Å². The lowest BCUT2D eigenvalue weighted by Crippen LogP contribution is -2.00. The third kappa shape index (κ3) is 4.33. The number of nitrogens with zero attached hydrogens (tertiary/aromatic N) is 3. The Labute approximate surface area is 290 Å². The number of furan rings is 3. The summed E-state index contributed by atoms with van der Waals surface area (Å²) in [6, 6.07) is 51.1. The van der Waals surface area contributed by atoms with Crippen molar-refractivity contribution in [1.82, 2.24) is 15.0 Å². The molecule has 238 valence electrons. The van der Waals surface area contributed by atoms with Gasteiger partial charge in [0, 0.05) is 60.6 Å². The van der Waals surface area contributed by atoms with Crippen molar-refractivity contribution in [3.63, 3.8) is 0 Å². The molecule has 0 N–H and O–H groups in total. The third-order valence-electron chi connectivity index (χ3n) is 9.74. The minimum Gasteiger partial charge on any atom is -0.456 e. The number of aromatic nitrogens is 3. The van der Waals surface area contributed by atoms with Crippen LogP contribution < -0.4 is 0 Å². The Hall–Kier alpha value is -7.05. The molecule has 0 aliphatic heterocycles. The molecule has 7 aromatic carbocycles. The molecule has 0 radical (unpaired) electrons. The molecule has 4 aromatic heterocycles. The van der Waals surface area contributed by atoms with Gasteiger partial charge in [0.2, 0.25) is 0 Å². The zero-order chi connectivity index (χ0) is 33.5. The maximum Gasteiger partial charge on any atom is 0.164 e. The van der Waals surface area contributed by atoms with Crippen molar-refractivity contribution in [2.75, 3.05) is 0 Å². The molecule has 6 heteroatoms. The first-order valence-electron chi connectivity index (χ1n) is 16.8. The maximum atomic E-state index is 6.62. The fourth-order valence-electron chi connectivity index (χ4n) is 7.35. The van der Waals surface area contributed by atoms with Crippen LogP contribution in [-0.4, -0.2) is 15.0 Å². The number of para-hydroxylation sites is 2. The van der Waals surface area contributed by atoms with Gasteiger partial charge in [0.05, 0.1) is 0 Å². The van der Waals surface area contributed by atoms with Crippen LogP contribution in [0.15, 0.2) is 165 Å². The van der Waals surface area contributed by atoms with E-state index in [0.717, 1.165) is 93.6 Å². The number of fused-ring (bicyclic) bond motifs is 9. The van der Waals surface area contributed by atoms with Gasteiger partial charge in [-0.25, -0.2) is 15.0 Å². The van der Waals surface area contributed by atoms with Gasteiger partial charge in [-0.05, 0) is 35.9 Å². The van der Waals surface area contributed by atoms with Crippen molar-refractivity contribution in [2.45, 2.75) is 0 Å². The average molecular weight is 656 g/mol. The second kappa shape index (κ2) is 10.7. The Bertz CT molecular complexity index is 3080. The molecule has 0 atom stereocenters. The summed E-state index contributed by atoms with van der Waals surface area (Å²) in [4.78, 5) is 15.0. The second-order valence-electron chi connectivity index (χ2n) is 12.8. The van der Waals surface area contributed by atoms with E-state index in [0.29, 0.717) is 17.5 Å². The molecule has 0 saturated carbocycles. The molecule has 0 saturated heterocycles. The first-order valence-corrected chi connectivity index (χ1v) is 16.8.